The Balaban J connectivity index is 1.66. The highest BCUT2D eigenvalue weighted by Crippen LogP contribution is 2.26. The van der Waals surface area contributed by atoms with Crippen molar-refractivity contribution in [3.63, 3.8) is 0 Å². The third-order valence-corrected chi connectivity index (χ3v) is 3.18. The van der Waals surface area contributed by atoms with Crippen molar-refractivity contribution in [3.8, 4) is 0 Å². The summed E-state index contributed by atoms with van der Waals surface area (Å²) >= 11 is 0. The first-order valence-corrected chi connectivity index (χ1v) is 5.86. The quantitative estimate of drug-likeness (QED) is 0.745. The summed E-state index contributed by atoms with van der Waals surface area (Å²) in [5.74, 6) is 0. The lowest BCUT2D eigenvalue weighted by Crippen LogP contribution is -2.63. The first-order valence-electron chi connectivity index (χ1n) is 5.86. The number of hydrogen-bond donors (Lipinski definition) is 1. The van der Waals surface area contributed by atoms with Crippen LogP contribution < -0.4 is 0 Å². The summed E-state index contributed by atoms with van der Waals surface area (Å²) in [6.45, 7) is 5.90. The number of rotatable bonds is 4. The largest absolute Gasteiger partial charge is 0.387 e. The van der Waals surface area contributed by atoms with Crippen molar-refractivity contribution in [1.29, 1.82) is 0 Å². The molecule has 4 nitrogen and oxygen atoms in total. The zero-order valence-electron chi connectivity index (χ0n) is 9.45. The topological polar surface area (TPSA) is 41.9 Å². The van der Waals surface area contributed by atoms with E-state index in [2.05, 4.69) is 11.8 Å². The molecule has 1 atom stereocenters. The maximum absolute atomic E-state index is 10.0. The van der Waals surface area contributed by atoms with Crippen LogP contribution in [0.3, 0.4) is 0 Å². The van der Waals surface area contributed by atoms with E-state index in [4.69, 9.17) is 9.47 Å². The van der Waals surface area contributed by atoms with E-state index >= 15 is 0 Å². The molecule has 2 heterocycles. The third-order valence-electron chi connectivity index (χ3n) is 3.18. The standard InChI is InChI=1S/C11H21NO3/c1-2-4-11(13)7-12(8-11)6-10-3-5-14-9-15-10/h10,13H,2-9H2,1H3. The Morgan fingerprint density at radius 3 is 2.87 bits per heavy atom. The monoisotopic (exact) mass is 215 g/mol. The highest BCUT2D eigenvalue weighted by molar-refractivity contribution is 4.95. The summed E-state index contributed by atoms with van der Waals surface area (Å²) in [7, 11) is 0. The average molecular weight is 215 g/mol. The maximum atomic E-state index is 10.0. The molecule has 0 saturated carbocycles. The van der Waals surface area contributed by atoms with Crippen molar-refractivity contribution < 1.29 is 14.6 Å². The summed E-state index contributed by atoms with van der Waals surface area (Å²) in [4.78, 5) is 2.27. The molecular formula is C11H21NO3. The highest BCUT2D eigenvalue weighted by Gasteiger charge is 2.40. The lowest BCUT2D eigenvalue weighted by atomic mass is 9.89. The lowest BCUT2D eigenvalue weighted by Gasteiger charge is -2.48. The maximum Gasteiger partial charge on any atom is 0.147 e. The third kappa shape index (κ3) is 2.91. The van der Waals surface area contributed by atoms with Crippen molar-refractivity contribution in [2.45, 2.75) is 37.9 Å². The second-order valence-electron chi connectivity index (χ2n) is 4.75. The molecule has 2 aliphatic rings. The molecule has 0 aliphatic carbocycles. The normalized spacial score (nSPS) is 31.2. The fourth-order valence-corrected chi connectivity index (χ4v) is 2.47. The van der Waals surface area contributed by atoms with Crippen molar-refractivity contribution >= 4 is 0 Å². The molecular weight excluding hydrogens is 194 g/mol. The second kappa shape index (κ2) is 4.78. The van der Waals surface area contributed by atoms with Crippen LogP contribution in [-0.4, -0.2) is 54.7 Å². The van der Waals surface area contributed by atoms with E-state index in [1.54, 1.807) is 0 Å². The molecule has 0 spiro atoms. The summed E-state index contributed by atoms with van der Waals surface area (Å²) < 4.78 is 10.6. The van der Waals surface area contributed by atoms with Gasteiger partial charge in [0.2, 0.25) is 0 Å². The van der Waals surface area contributed by atoms with Gasteiger partial charge in [0.05, 0.1) is 18.3 Å². The molecule has 2 saturated heterocycles. The average Bonchev–Trinajstić information content (AvgIpc) is 2.17. The Bertz CT molecular complexity index is 198. The summed E-state index contributed by atoms with van der Waals surface area (Å²) in [5.41, 5.74) is -0.417. The molecule has 0 amide bonds. The van der Waals surface area contributed by atoms with E-state index in [0.29, 0.717) is 12.9 Å². The fraction of sp³-hybridized carbons (Fsp3) is 1.00. The Morgan fingerprint density at radius 1 is 1.47 bits per heavy atom. The number of aliphatic hydroxyl groups is 1. The Kier molecular flexibility index (Phi) is 3.61. The van der Waals surface area contributed by atoms with E-state index in [1.165, 1.54) is 0 Å². The van der Waals surface area contributed by atoms with E-state index in [0.717, 1.165) is 45.5 Å². The van der Waals surface area contributed by atoms with Gasteiger partial charge in [0.1, 0.15) is 6.79 Å². The van der Waals surface area contributed by atoms with E-state index in [9.17, 15) is 5.11 Å². The molecule has 2 aliphatic heterocycles. The number of likely N-dealkylation sites (tertiary alicyclic amines) is 1. The second-order valence-corrected chi connectivity index (χ2v) is 4.75. The van der Waals surface area contributed by atoms with E-state index in [1.807, 2.05) is 0 Å². The van der Waals surface area contributed by atoms with Gasteiger partial charge in [-0.3, -0.25) is 4.90 Å². The zero-order valence-corrected chi connectivity index (χ0v) is 9.45. The zero-order chi connectivity index (χ0) is 10.7. The van der Waals surface area contributed by atoms with Crippen LogP contribution in [-0.2, 0) is 9.47 Å². The lowest BCUT2D eigenvalue weighted by molar-refractivity contribution is -0.166. The summed E-state index contributed by atoms with van der Waals surface area (Å²) in [6, 6.07) is 0. The Hall–Kier alpha value is -0.160. The predicted molar refractivity (Wildman–Crippen MR) is 56.6 cm³/mol. The predicted octanol–water partition coefficient (Wildman–Crippen LogP) is 0.596. The first-order chi connectivity index (χ1) is 7.22. The highest BCUT2D eigenvalue weighted by atomic mass is 16.7. The van der Waals surface area contributed by atoms with Crippen LogP contribution in [0.25, 0.3) is 0 Å². The van der Waals surface area contributed by atoms with Crippen LogP contribution >= 0.6 is 0 Å². The van der Waals surface area contributed by atoms with Gasteiger partial charge in [-0.1, -0.05) is 13.3 Å². The van der Waals surface area contributed by atoms with Gasteiger partial charge in [0.15, 0.2) is 0 Å². The first kappa shape index (κ1) is 11.3. The van der Waals surface area contributed by atoms with Gasteiger partial charge < -0.3 is 14.6 Å². The summed E-state index contributed by atoms with van der Waals surface area (Å²) in [5, 5.41) is 10.0. The van der Waals surface area contributed by atoms with E-state index in [-0.39, 0.29) is 0 Å². The number of β-amino-alcohol motifs (C(OH)–C–C–N with tert-alkyl or cyclic N) is 1. The van der Waals surface area contributed by atoms with Crippen LogP contribution in [0.5, 0.6) is 0 Å². The van der Waals surface area contributed by atoms with E-state index < -0.39 is 5.60 Å². The molecule has 0 aromatic heterocycles. The van der Waals surface area contributed by atoms with Crippen LogP contribution in [0.1, 0.15) is 26.2 Å². The van der Waals surface area contributed by atoms with Crippen molar-refractivity contribution in [1.82, 2.24) is 4.90 Å². The molecule has 4 heteroatoms. The Morgan fingerprint density at radius 2 is 2.27 bits per heavy atom. The van der Waals surface area contributed by atoms with Crippen LogP contribution in [0.4, 0.5) is 0 Å². The van der Waals surface area contributed by atoms with Gasteiger partial charge in [-0.25, -0.2) is 0 Å². The number of ether oxygens (including phenoxy) is 2. The van der Waals surface area contributed by atoms with Gasteiger partial charge in [-0.05, 0) is 12.8 Å². The molecule has 0 aromatic rings. The molecule has 15 heavy (non-hydrogen) atoms. The summed E-state index contributed by atoms with van der Waals surface area (Å²) in [6.07, 6.45) is 3.24. The van der Waals surface area contributed by atoms with Gasteiger partial charge in [-0.15, -0.1) is 0 Å². The van der Waals surface area contributed by atoms with Crippen molar-refractivity contribution in [3.05, 3.63) is 0 Å². The molecule has 0 radical (unpaired) electrons. The molecule has 2 rings (SSSR count). The van der Waals surface area contributed by atoms with Crippen LogP contribution in [0.2, 0.25) is 0 Å². The SMILES string of the molecule is CCCC1(O)CN(CC2CCOCO2)C1. The van der Waals surface area contributed by atoms with Gasteiger partial charge in [-0.2, -0.15) is 0 Å². The van der Waals surface area contributed by atoms with Crippen molar-refractivity contribution in [2.24, 2.45) is 0 Å². The molecule has 0 bridgehead atoms. The van der Waals surface area contributed by atoms with Gasteiger partial charge in [0.25, 0.3) is 0 Å². The molecule has 1 unspecified atom stereocenters. The minimum absolute atomic E-state index is 0.296. The van der Waals surface area contributed by atoms with Crippen LogP contribution in [0.15, 0.2) is 0 Å². The minimum Gasteiger partial charge on any atom is -0.387 e. The molecule has 88 valence electrons. The number of nitrogens with zero attached hydrogens (tertiary/aromatic N) is 1. The molecule has 1 N–H and O–H groups in total. The van der Waals surface area contributed by atoms with Crippen LogP contribution in [0, 0.1) is 0 Å². The number of hydrogen-bond acceptors (Lipinski definition) is 4. The Labute approximate surface area is 91.2 Å². The minimum atomic E-state index is -0.417. The molecule has 0 aromatic carbocycles. The fourth-order valence-electron chi connectivity index (χ4n) is 2.47. The van der Waals surface area contributed by atoms with Crippen molar-refractivity contribution in [2.75, 3.05) is 33.0 Å². The van der Waals surface area contributed by atoms with Gasteiger partial charge in [0, 0.05) is 19.6 Å². The van der Waals surface area contributed by atoms with Gasteiger partial charge >= 0.3 is 0 Å². The smallest absolute Gasteiger partial charge is 0.147 e. The molecule has 2 fully saturated rings.